The number of carbonyl (C=O) groups is 2. The Bertz CT molecular complexity index is 219. The molecule has 0 rings (SSSR count). The number of nitrogens with two attached hydrogens (primary N) is 1. The van der Waals surface area contributed by atoms with Gasteiger partial charge in [0.05, 0.1) is 0 Å². The quantitative estimate of drug-likeness (QED) is 0.544. The monoisotopic (exact) mass is 230 g/mol. The number of hydrogen-bond donors (Lipinski definition) is 3. The highest BCUT2D eigenvalue weighted by molar-refractivity contribution is 5.75. The number of carboxylic acid groups (broad SMARTS) is 1. The van der Waals surface area contributed by atoms with Gasteiger partial charge in [-0.2, -0.15) is 0 Å². The van der Waals surface area contributed by atoms with Gasteiger partial charge in [0.15, 0.2) is 0 Å². The molecule has 5 heteroatoms. The molecule has 4 N–H and O–H groups in total. The zero-order chi connectivity index (χ0) is 12.4. The summed E-state index contributed by atoms with van der Waals surface area (Å²) in [6.45, 7) is 3.14. The van der Waals surface area contributed by atoms with E-state index in [1.165, 1.54) is 0 Å². The van der Waals surface area contributed by atoms with Gasteiger partial charge in [-0.3, -0.25) is 9.59 Å². The lowest BCUT2D eigenvalue weighted by atomic mass is 10.0. The molecule has 0 aliphatic carbocycles. The molecule has 0 heterocycles. The van der Waals surface area contributed by atoms with E-state index in [-0.39, 0.29) is 12.3 Å². The third-order valence-corrected chi connectivity index (χ3v) is 2.42. The number of amides is 1. The van der Waals surface area contributed by atoms with E-state index in [0.717, 1.165) is 6.42 Å². The van der Waals surface area contributed by atoms with Crippen LogP contribution >= 0.6 is 0 Å². The van der Waals surface area contributed by atoms with Crippen LogP contribution in [-0.2, 0) is 9.59 Å². The lowest BCUT2D eigenvalue weighted by Crippen LogP contribution is -2.26. The molecular weight excluding hydrogens is 208 g/mol. The minimum Gasteiger partial charge on any atom is -0.481 e. The Hall–Kier alpha value is -1.10. The van der Waals surface area contributed by atoms with Crippen molar-refractivity contribution in [3.8, 4) is 0 Å². The standard InChI is InChI=1S/C11H22N2O3/c1-9(4-5-11(15)16)6-8-13-10(14)3-2-7-12/h9H,2-8,12H2,1H3,(H,13,14)(H,15,16). The van der Waals surface area contributed by atoms with Crippen molar-refractivity contribution in [2.24, 2.45) is 11.7 Å². The van der Waals surface area contributed by atoms with E-state index in [1.54, 1.807) is 0 Å². The molecule has 0 radical (unpaired) electrons. The van der Waals surface area contributed by atoms with Crippen LogP contribution in [0.5, 0.6) is 0 Å². The maximum atomic E-state index is 11.2. The first kappa shape index (κ1) is 14.9. The molecule has 0 fully saturated rings. The minimum atomic E-state index is -0.765. The first-order valence-corrected chi connectivity index (χ1v) is 5.74. The minimum absolute atomic E-state index is 0.0240. The van der Waals surface area contributed by atoms with Gasteiger partial charge in [0.25, 0.3) is 0 Å². The number of carboxylic acids is 1. The third-order valence-electron chi connectivity index (χ3n) is 2.42. The maximum absolute atomic E-state index is 11.2. The summed E-state index contributed by atoms with van der Waals surface area (Å²) in [6.07, 6.45) is 2.86. The average Bonchev–Trinajstić information content (AvgIpc) is 2.23. The van der Waals surface area contributed by atoms with Crippen molar-refractivity contribution >= 4 is 11.9 Å². The number of nitrogens with one attached hydrogen (secondary N) is 1. The van der Waals surface area contributed by atoms with Crippen LogP contribution in [0.25, 0.3) is 0 Å². The number of carbonyl (C=O) groups excluding carboxylic acids is 1. The summed E-state index contributed by atoms with van der Waals surface area (Å²) in [7, 11) is 0. The summed E-state index contributed by atoms with van der Waals surface area (Å²) in [5, 5.41) is 11.3. The third kappa shape index (κ3) is 9.45. The summed E-state index contributed by atoms with van der Waals surface area (Å²) < 4.78 is 0. The molecule has 1 amide bonds. The lowest BCUT2D eigenvalue weighted by molar-refractivity contribution is -0.137. The fourth-order valence-corrected chi connectivity index (χ4v) is 1.32. The van der Waals surface area contributed by atoms with Gasteiger partial charge in [-0.15, -0.1) is 0 Å². The summed E-state index contributed by atoms with van der Waals surface area (Å²) in [6, 6.07) is 0. The zero-order valence-electron chi connectivity index (χ0n) is 9.87. The second-order valence-corrected chi connectivity index (χ2v) is 4.07. The molecule has 0 aromatic heterocycles. The second-order valence-electron chi connectivity index (χ2n) is 4.07. The summed E-state index contributed by atoms with van der Waals surface area (Å²) in [4.78, 5) is 21.5. The zero-order valence-corrected chi connectivity index (χ0v) is 9.87. The van der Waals surface area contributed by atoms with Gasteiger partial charge >= 0.3 is 5.97 Å². The van der Waals surface area contributed by atoms with Crippen LogP contribution in [0.1, 0.15) is 39.0 Å². The molecular formula is C11H22N2O3. The molecule has 1 unspecified atom stereocenters. The van der Waals surface area contributed by atoms with Crippen LogP contribution in [0.3, 0.4) is 0 Å². The number of rotatable bonds is 9. The Kier molecular flexibility index (Phi) is 8.52. The first-order chi connectivity index (χ1) is 7.56. The molecule has 0 aliphatic heterocycles. The van der Waals surface area contributed by atoms with Gasteiger partial charge in [0.2, 0.25) is 5.91 Å². The first-order valence-electron chi connectivity index (χ1n) is 5.74. The van der Waals surface area contributed by atoms with E-state index in [2.05, 4.69) is 5.32 Å². The SMILES string of the molecule is CC(CCNC(=O)CCCN)CCC(=O)O. The molecule has 0 spiro atoms. The highest BCUT2D eigenvalue weighted by atomic mass is 16.4. The smallest absolute Gasteiger partial charge is 0.303 e. The Morgan fingerprint density at radius 2 is 2.00 bits per heavy atom. The topological polar surface area (TPSA) is 92.4 Å². The van der Waals surface area contributed by atoms with Crippen molar-refractivity contribution in [1.82, 2.24) is 5.32 Å². The van der Waals surface area contributed by atoms with Crippen LogP contribution in [0, 0.1) is 5.92 Å². The highest BCUT2D eigenvalue weighted by Gasteiger charge is 2.06. The number of hydrogen-bond acceptors (Lipinski definition) is 3. The molecule has 0 aliphatic rings. The molecule has 0 aromatic carbocycles. The van der Waals surface area contributed by atoms with Crippen molar-refractivity contribution in [1.29, 1.82) is 0 Å². The van der Waals surface area contributed by atoms with E-state index < -0.39 is 5.97 Å². The maximum Gasteiger partial charge on any atom is 0.303 e. The van der Waals surface area contributed by atoms with E-state index in [0.29, 0.717) is 38.3 Å². The summed E-state index contributed by atoms with van der Waals surface area (Å²) in [5.74, 6) is -0.416. The Labute approximate surface area is 96.4 Å². The van der Waals surface area contributed by atoms with Gasteiger partial charge in [0, 0.05) is 19.4 Å². The second kappa shape index (κ2) is 9.15. The number of aliphatic carboxylic acids is 1. The van der Waals surface area contributed by atoms with Gasteiger partial charge in [-0.25, -0.2) is 0 Å². The Morgan fingerprint density at radius 1 is 1.31 bits per heavy atom. The van der Waals surface area contributed by atoms with E-state index in [9.17, 15) is 9.59 Å². The van der Waals surface area contributed by atoms with Crippen LogP contribution in [0.2, 0.25) is 0 Å². The highest BCUT2D eigenvalue weighted by Crippen LogP contribution is 2.09. The van der Waals surface area contributed by atoms with Gasteiger partial charge in [0.1, 0.15) is 0 Å². The van der Waals surface area contributed by atoms with Crippen molar-refractivity contribution in [3.05, 3.63) is 0 Å². The van der Waals surface area contributed by atoms with Crippen molar-refractivity contribution in [2.75, 3.05) is 13.1 Å². The van der Waals surface area contributed by atoms with Crippen molar-refractivity contribution < 1.29 is 14.7 Å². The molecule has 5 nitrogen and oxygen atoms in total. The molecule has 0 saturated heterocycles. The van der Waals surface area contributed by atoms with E-state index >= 15 is 0 Å². The normalized spacial score (nSPS) is 12.1. The Balaban J connectivity index is 3.42. The van der Waals surface area contributed by atoms with Gasteiger partial charge < -0.3 is 16.2 Å². The van der Waals surface area contributed by atoms with Gasteiger partial charge in [-0.05, 0) is 31.7 Å². The van der Waals surface area contributed by atoms with Crippen LogP contribution in [0.15, 0.2) is 0 Å². The van der Waals surface area contributed by atoms with Gasteiger partial charge in [-0.1, -0.05) is 6.92 Å². The van der Waals surface area contributed by atoms with Crippen LogP contribution in [0.4, 0.5) is 0 Å². The summed E-state index contributed by atoms with van der Waals surface area (Å²) in [5.41, 5.74) is 5.29. The average molecular weight is 230 g/mol. The fourth-order valence-electron chi connectivity index (χ4n) is 1.32. The van der Waals surface area contributed by atoms with Crippen LogP contribution in [-0.4, -0.2) is 30.1 Å². The summed E-state index contributed by atoms with van der Waals surface area (Å²) >= 11 is 0. The predicted molar refractivity (Wildman–Crippen MR) is 61.9 cm³/mol. The lowest BCUT2D eigenvalue weighted by Gasteiger charge is -2.10. The van der Waals surface area contributed by atoms with Crippen molar-refractivity contribution in [2.45, 2.75) is 39.0 Å². The molecule has 94 valence electrons. The van der Waals surface area contributed by atoms with Crippen LogP contribution < -0.4 is 11.1 Å². The molecule has 1 atom stereocenters. The fraction of sp³-hybridized carbons (Fsp3) is 0.818. The molecule has 16 heavy (non-hydrogen) atoms. The van der Waals surface area contributed by atoms with Crippen molar-refractivity contribution in [3.63, 3.8) is 0 Å². The largest absolute Gasteiger partial charge is 0.481 e. The molecule has 0 aromatic rings. The predicted octanol–water partition coefficient (Wildman–Crippen LogP) is 0.733. The van der Waals surface area contributed by atoms with E-state index in [4.69, 9.17) is 10.8 Å². The Morgan fingerprint density at radius 3 is 2.56 bits per heavy atom. The van der Waals surface area contributed by atoms with E-state index in [1.807, 2.05) is 6.92 Å². The molecule has 0 bridgehead atoms. The molecule has 0 saturated carbocycles.